The van der Waals surface area contributed by atoms with E-state index in [1.165, 1.54) is 30.2 Å². The molecule has 0 fully saturated rings. The van der Waals surface area contributed by atoms with E-state index in [9.17, 15) is 14.9 Å². The standard InChI is InChI=1S/C21H15N9O2/c1-13(31)17(20(32)27-16-7-2-5-14-6-3-8-23-18(14)16)28-29-19-15(11-22)12-26-30(19)21-24-9-4-10-25-21/h2-10,12,17H,1H3,(H,27,32). The van der Waals surface area contributed by atoms with Crippen molar-refractivity contribution in [2.75, 3.05) is 5.32 Å². The molecule has 0 aliphatic heterocycles. The van der Waals surface area contributed by atoms with Crippen LogP contribution in [0.4, 0.5) is 11.5 Å². The first-order valence-corrected chi connectivity index (χ1v) is 9.40. The maximum atomic E-state index is 12.8. The normalized spacial score (nSPS) is 11.9. The summed E-state index contributed by atoms with van der Waals surface area (Å²) in [4.78, 5) is 37.4. The highest BCUT2D eigenvalue weighted by Gasteiger charge is 2.25. The van der Waals surface area contributed by atoms with Crippen molar-refractivity contribution in [3.63, 3.8) is 0 Å². The average Bonchev–Trinajstić information content (AvgIpc) is 3.23. The minimum atomic E-state index is -1.44. The number of para-hydroxylation sites is 1. The maximum absolute atomic E-state index is 12.8. The number of amides is 1. The summed E-state index contributed by atoms with van der Waals surface area (Å²) in [5.74, 6) is -1.04. The minimum absolute atomic E-state index is 0.00424. The van der Waals surface area contributed by atoms with Gasteiger partial charge in [-0.15, -0.1) is 5.11 Å². The Bertz CT molecular complexity index is 1370. The first-order valence-electron chi connectivity index (χ1n) is 9.40. The summed E-state index contributed by atoms with van der Waals surface area (Å²) in [7, 11) is 0. The number of benzene rings is 1. The first-order chi connectivity index (χ1) is 15.6. The fourth-order valence-corrected chi connectivity index (χ4v) is 2.90. The van der Waals surface area contributed by atoms with E-state index in [4.69, 9.17) is 0 Å². The van der Waals surface area contributed by atoms with Crippen molar-refractivity contribution in [2.24, 2.45) is 10.2 Å². The smallest absolute Gasteiger partial charge is 0.258 e. The lowest BCUT2D eigenvalue weighted by molar-refractivity contribution is -0.126. The van der Waals surface area contributed by atoms with Crippen LogP contribution in [0.3, 0.4) is 0 Å². The molecule has 156 valence electrons. The van der Waals surface area contributed by atoms with Crippen LogP contribution in [0.25, 0.3) is 16.9 Å². The molecule has 0 aliphatic rings. The molecule has 1 amide bonds. The first kappa shape index (κ1) is 20.4. The number of rotatable bonds is 6. The molecule has 1 aromatic carbocycles. The summed E-state index contributed by atoms with van der Waals surface area (Å²) in [6.07, 6.45) is 5.88. The number of fused-ring (bicyclic) bond motifs is 1. The third kappa shape index (κ3) is 4.05. The molecule has 1 N–H and O–H groups in total. The Kier molecular flexibility index (Phi) is 5.67. The van der Waals surface area contributed by atoms with Crippen LogP contribution >= 0.6 is 0 Å². The highest BCUT2D eigenvalue weighted by Crippen LogP contribution is 2.23. The van der Waals surface area contributed by atoms with E-state index in [0.717, 1.165) is 5.39 Å². The summed E-state index contributed by atoms with van der Waals surface area (Å²) in [6, 6.07) is 11.1. The summed E-state index contributed by atoms with van der Waals surface area (Å²) in [5.41, 5.74) is 1.10. The van der Waals surface area contributed by atoms with Crippen LogP contribution in [0.2, 0.25) is 0 Å². The Morgan fingerprint density at radius 3 is 2.59 bits per heavy atom. The van der Waals surface area contributed by atoms with E-state index in [0.29, 0.717) is 11.2 Å². The number of ketones is 1. The van der Waals surface area contributed by atoms with E-state index in [1.54, 1.807) is 30.5 Å². The number of nitriles is 1. The fourth-order valence-electron chi connectivity index (χ4n) is 2.90. The predicted molar refractivity (Wildman–Crippen MR) is 113 cm³/mol. The molecule has 0 saturated carbocycles. The fraction of sp³-hybridized carbons (Fsp3) is 0.0952. The van der Waals surface area contributed by atoms with Gasteiger partial charge in [-0.05, 0) is 25.1 Å². The van der Waals surface area contributed by atoms with Gasteiger partial charge in [-0.2, -0.15) is 20.2 Å². The van der Waals surface area contributed by atoms with Crippen LogP contribution < -0.4 is 5.32 Å². The second kappa shape index (κ2) is 8.88. The molecule has 11 heteroatoms. The van der Waals surface area contributed by atoms with Crippen molar-refractivity contribution in [1.82, 2.24) is 24.7 Å². The zero-order valence-corrected chi connectivity index (χ0v) is 16.7. The molecular formula is C21H15N9O2. The average molecular weight is 425 g/mol. The van der Waals surface area contributed by atoms with Crippen LogP contribution in [0.15, 0.2) is 71.4 Å². The molecule has 0 bridgehead atoms. The molecule has 3 heterocycles. The van der Waals surface area contributed by atoms with Crippen LogP contribution in [0.1, 0.15) is 12.5 Å². The third-order valence-electron chi connectivity index (χ3n) is 4.40. The van der Waals surface area contributed by atoms with Gasteiger partial charge in [-0.1, -0.05) is 18.2 Å². The van der Waals surface area contributed by atoms with Gasteiger partial charge in [0.1, 0.15) is 11.6 Å². The molecule has 4 rings (SSSR count). The number of carbonyl (C=O) groups is 2. The summed E-state index contributed by atoms with van der Waals surface area (Å²) < 4.78 is 1.20. The molecule has 3 aromatic heterocycles. The van der Waals surface area contributed by atoms with Gasteiger partial charge in [0.15, 0.2) is 11.6 Å². The number of nitrogens with one attached hydrogen (secondary N) is 1. The summed E-state index contributed by atoms with van der Waals surface area (Å²) in [5, 5.41) is 24.8. The van der Waals surface area contributed by atoms with Gasteiger partial charge in [0.05, 0.1) is 17.4 Å². The predicted octanol–water partition coefficient (Wildman–Crippen LogP) is 2.76. The molecule has 4 aromatic rings. The molecule has 0 radical (unpaired) electrons. The van der Waals surface area contributed by atoms with Crippen LogP contribution in [-0.2, 0) is 9.59 Å². The molecular weight excluding hydrogens is 410 g/mol. The van der Waals surface area contributed by atoms with Crippen molar-refractivity contribution in [2.45, 2.75) is 13.0 Å². The van der Waals surface area contributed by atoms with E-state index in [2.05, 4.69) is 35.6 Å². The lowest BCUT2D eigenvalue weighted by atomic mass is 10.1. The number of hydrogen-bond acceptors (Lipinski definition) is 9. The number of aromatic nitrogens is 5. The highest BCUT2D eigenvalue weighted by molar-refractivity contribution is 6.12. The number of carbonyl (C=O) groups excluding carboxylic acids is 2. The number of azo groups is 1. The highest BCUT2D eigenvalue weighted by atomic mass is 16.2. The van der Waals surface area contributed by atoms with E-state index < -0.39 is 17.7 Å². The molecule has 32 heavy (non-hydrogen) atoms. The van der Waals surface area contributed by atoms with Crippen molar-refractivity contribution < 1.29 is 9.59 Å². The molecule has 0 aliphatic carbocycles. The number of hydrogen-bond donors (Lipinski definition) is 1. The summed E-state index contributed by atoms with van der Waals surface area (Å²) >= 11 is 0. The van der Waals surface area contributed by atoms with E-state index >= 15 is 0 Å². The van der Waals surface area contributed by atoms with Crippen LogP contribution in [-0.4, -0.2) is 42.5 Å². The number of nitrogens with zero attached hydrogens (tertiary/aromatic N) is 8. The SMILES string of the molecule is CC(=O)C(N=Nc1c(C#N)cnn1-c1ncccn1)C(=O)Nc1cccc2cccnc12. The zero-order chi connectivity index (χ0) is 22.5. The van der Waals surface area contributed by atoms with E-state index in [-0.39, 0.29) is 17.3 Å². The summed E-state index contributed by atoms with van der Waals surface area (Å²) in [6.45, 7) is 1.23. The Morgan fingerprint density at radius 1 is 1.09 bits per heavy atom. The van der Waals surface area contributed by atoms with Gasteiger partial charge in [-0.3, -0.25) is 14.6 Å². The van der Waals surface area contributed by atoms with Crippen molar-refractivity contribution in [3.05, 3.63) is 66.7 Å². The second-order valence-electron chi connectivity index (χ2n) is 6.55. The van der Waals surface area contributed by atoms with Crippen LogP contribution in [0.5, 0.6) is 0 Å². The third-order valence-corrected chi connectivity index (χ3v) is 4.40. The Balaban J connectivity index is 1.65. The monoisotopic (exact) mass is 425 g/mol. The number of anilines is 1. The van der Waals surface area contributed by atoms with Crippen molar-refractivity contribution in [3.8, 4) is 12.0 Å². The number of pyridine rings is 1. The lowest BCUT2D eigenvalue weighted by Crippen LogP contribution is -2.32. The van der Waals surface area contributed by atoms with Crippen LogP contribution in [0, 0.1) is 11.3 Å². The number of Topliss-reactive ketones (excluding diaryl/α,β-unsaturated/α-hetero) is 1. The molecule has 11 nitrogen and oxygen atoms in total. The minimum Gasteiger partial charge on any atom is -0.322 e. The van der Waals surface area contributed by atoms with E-state index in [1.807, 2.05) is 18.2 Å². The van der Waals surface area contributed by atoms with Gasteiger partial charge >= 0.3 is 0 Å². The van der Waals surface area contributed by atoms with Crippen molar-refractivity contribution >= 4 is 34.1 Å². The van der Waals surface area contributed by atoms with Gasteiger partial charge < -0.3 is 5.32 Å². The van der Waals surface area contributed by atoms with Gasteiger partial charge in [-0.25, -0.2) is 9.97 Å². The van der Waals surface area contributed by atoms with Gasteiger partial charge in [0.25, 0.3) is 11.9 Å². The molecule has 1 atom stereocenters. The second-order valence-corrected chi connectivity index (χ2v) is 6.55. The quantitative estimate of drug-likeness (QED) is 0.368. The molecule has 1 unspecified atom stereocenters. The Morgan fingerprint density at radius 2 is 1.84 bits per heavy atom. The molecule has 0 spiro atoms. The van der Waals surface area contributed by atoms with Gasteiger partial charge in [0.2, 0.25) is 6.04 Å². The van der Waals surface area contributed by atoms with Crippen molar-refractivity contribution in [1.29, 1.82) is 5.26 Å². The Hall–Kier alpha value is -4.85. The van der Waals surface area contributed by atoms with Gasteiger partial charge in [0, 0.05) is 24.0 Å². The maximum Gasteiger partial charge on any atom is 0.258 e. The Labute approximate surface area is 181 Å². The largest absolute Gasteiger partial charge is 0.322 e. The molecule has 0 saturated heterocycles. The lowest BCUT2D eigenvalue weighted by Gasteiger charge is -2.11. The zero-order valence-electron chi connectivity index (χ0n) is 16.7. The topological polar surface area (TPSA) is 151 Å².